The number of amides is 1. The predicted octanol–water partition coefficient (Wildman–Crippen LogP) is 3.44. The van der Waals surface area contributed by atoms with Crippen molar-refractivity contribution in [1.82, 2.24) is 5.32 Å². The van der Waals surface area contributed by atoms with Gasteiger partial charge in [-0.15, -0.1) is 0 Å². The van der Waals surface area contributed by atoms with Crippen LogP contribution in [0.25, 0.3) is 0 Å². The molecule has 0 saturated heterocycles. The Balaban J connectivity index is 1.75. The first-order valence-electron chi connectivity index (χ1n) is 7.92. The molecule has 0 aliphatic heterocycles. The Kier molecular flexibility index (Phi) is 7.60. The van der Waals surface area contributed by atoms with Crippen molar-refractivity contribution in [3.05, 3.63) is 59.4 Å². The number of rotatable bonds is 9. The molecule has 4 nitrogen and oxygen atoms in total. The average Bonchev–Trinajstić information content (AvgIpc) is 2.62. The second kappa shape index (κ2) is 9.93. The van der Waals surface area contributed by atoms with Crippen molar-refractivity contribution in [2.24, 2.45) is 0 Å². The summed E-state index contributed by atoms with van der Waals surface area (Å²) in [5.74, 6) is 2.37. The first-order valence-corrected chi connectivity index (χ1v) is 9.08. The molecule has 0 aliphatic carbocycles. The predicted molar refractivity (Wildman–Crippen MR) is 98.8 cm³/mol. The molecule has 0 atom stereocenters. The largest absolute Gasteiger partial charge is 0.497 e. The molecule has 0 bridgehead atoms. The molecule has 0 aliphatic rings. The van der Waals surface area contributed by atoms with E-state index in [4.69, 9.17) is 9.47 Å². The van der Waals surface area contributed by atoms with Crippen LogP contribution in [0, 0.1) is 5.82 Å². The van der Waals surface area contributed by atoms with Crippen molar-refractivity contribution in [3.8, 4) is 11.5 Å². The third kappa shape index (κ3) is 5.98. The molecular formula is C19H22FNO3S. The SMILES string of the molecule is COc1ccc(OC)c(CC(=O)NCCSCc2ccccc2F)c1. The van der Waals surface area contributed by atoms with Crippen LogP contribution in [0.1, 0.15) is 11.1 Å². The standard InChI is InChI=1S/C19H22FNO3S/c1-23-16-7-8-18(24-2)15(11-16)12-19(22)21-9-10-25-13-14-5-3-4-6-17(14)20/h3-8,11H,9-10,12-13H2,1-2H3,(H,21,22). The first kappa shape index (κ1) is 19.1. The Hall–Kier alpha value is -2.21. The minimum Gasteiger partial charge on any atom is -0.497 e. The summed E-state index contributed by atoms with van der Waals surface area (Å²) in [6.45, 7) is 0.532. The molecule has 0 unspecified atom stereocenters. The van der Waals surface area contributed by atoms with E-state index < -0.39 is 0 Å². The number of thioether (sulfide) groups is 1. The monoisotopic (exact) mass is 363 g/mol. The molecule has 1 N–H and O–H groups in total. The Morgan fingerprint density at radius 2 is 1.92 bits per heavy atom. The van der Waals surface area contributed by atoms with Crippen LogP contribution in [0.15, 0.2) is 42.5 Å². The molecule has 2 aromatic rings. The zero-order valence-electron chi connectivity index (χ0n) is 14.4. The fourth-order valence-corrected chi connectivity index (χ4v) is 3.16. The van der Waals surface area contributed by atoms with Gasteiger partial charge in [0.25, 0.3) is 0 Å². The summed E-state index contributed by atoms with van der Waals surface area (Å²) in [5.41, 5.74) is 1.46. The molecule has 25 heavy (non-hydrogen) atoms. The summed E-state index contributed by atoms with van der Waals surface area (Å²) in [6.07, 6.45) is 0.221. The fraction of sp³-hybridized carbons (Fsp3) is 0.316. The van der Waals surface area contributed by atoms with Crippen LogP contribution in [-0.4, -0.2) is 32.4 Å². The van der Waals surface area contributed by atoms with E-state index in [1.807, 2.05) is 6.07 Å². The van der Waals surface area contributed by atoms with Crippen molar-refractivity contribution in [2.75, 3.05) is 26.5 Å². The highest BCUT2D eigenvalue weighted by Crippen LogP contribution is 2.24. The Labute approximate surface area is 151 Å². The van der Waals surface area contributed by atoms with Gasteiger partial charge in [0, 0.05) is 23.6 Å². The maximum atomic E-state index is 13.5. The van der Waals surface area contributed by atoms with E-state index in [9.17, 15) is 9.18 Å². The van der Waals surface area contributed by atoms with Gasteiger partial charge >= 0.3 is 0 Å². The normalized spacial score (nSPS) is 10.4. The highest BCUT2D eigenvalue weighted by Gasteiger charge is 2.10. The molecule has 0 radical (unpaired) electrons. The summed E-state index contributed by atoms with van der Waals surface area (Å²) in [7, 11) is 3.15. The average molecular weight is 363 g/mol. The molecule has 0 saturated carbocycles. The highest BCUT2D eigenvalue weighted by atomic mass is 32.2. The number of methoxy groups -OCH3 is 2. The van der Waals surface area contributed by atoms with Gasteiger partial charge in [-0.05, 0) is 29.8 Å². The third-order valence-corrected chi connectivity index (χ3v) is 4.63. The van der Waals surface area contributed by atoms with Crippen LogP contribution in [0.2, 0.25) is 0 Å². The molecule has 0 fully saturated rings. The lowest BCUT2D eigenvalue weighted by Gasteiger charge is -2.11. The number of carbonyl (C=O) groups excluding carboxylic acids is 1. The van der Waals surface area contributed by atoms with E-state index >= 15 is 0 Å². The van der Waals surface area contributed by atoms with E-state index in [1.165, 1.54) is 6.07 Å². The van der Waals surface area contributed by atoms with Gasteiger partial charge in [-0.25, -0.2) is 4.39 Å². The minimum absolute atomic E-state index is 0.0851. The Morgan fingerprint density at radius 3 is 2.64 bits per heavy atom. The lowest BCUT2D eigenvalue weighted by molar-refractivity contribution is -0.120. The van der Waals surface area contributed by atoms with Gasteiger partial charge in [0.1, 0.15) is 17.3 Å². The van der Waals surface area contributed by atoms with Crippen molar-refractivity contribution >= 4 is 17.7 Å². The summed E-state index contributed by atoms with van der Waals surface area (Å²) >= 11 is 1.58. The number of hydrogen-bond acceptors (Lipinski definition) is 4. The van der Waals surface area contributed by atoms with E-state index in [0.29, 0.717) is 29.4 Å². The van der Waals surface area contributed by atoms with Crippen LogP contribution < -0.4 is 14.8 Å². The number of benzene rings is 2. The number of hydrogen-bond donors (Lipinski definition) is 1. The molecule has 0 aromatic heterocycles. The van der Waals surface area contributed by atoms with E-state index in [0.717, 1.165) is 11.3 Å². The van der Waals surface area contributed by atoms with Crippen molar-refractivity contribution < 1.29 is 18.7 Å². The van der Waals surface area contributed by atoms with E-state index in [-0.39, 0.29) is 18.1 Å². The van der Waals surface area contributed by atoms with Crippen LogP contribution in [0.3, 0.4) is 0 Å². The number of halogens is 1. The van der Waals surface area contributed by atoms with Crippen LogP contribution in [0.4, 0.5) is 4.39 Å². The molecule has 134 valence electrons. The van der Waals surface area contributed by atoms with Crippen LogP contribution in [-0.2, 0) is 17.0 Å². The van der Waals surface area contributed by atoms with Gasteiger partial charge in [-0.2, -0.15) is 11.8 Å². The molecular weight excluding hydrogens is 341 g/mol. The second-order valence-electron chi connectivity index (χ2n) is 5.35. The summed E-state index contributed by atoms with van der Waals surface area (Å²) in [4.78, 5) is 12.1. The smallest absolute Gasteiger partial charge is 0.224 e. The maximum absolute atomic E-state index is 13.5. The van der Waals surface area contributed by atoms with Crippen LogP contribution >= 0.6 is 11.8 Å². The highest BCUT2D eigenvalue weighted by molar-refractivity contribution is 7.98. The van der Waals surface area contributed by atoms with Crippen molar-refractivity contribution in [2.45, 2.75) is 12.2 Å². The summed E-state index contributed by atoms with van der Waals surface area (Å²) < 4.78 is 24.0. The van der Waals surface area contributed by atoms with Gasteiger partial charge in [-0.3, -0.25) is 4.79 Å². The lowest BCUT2D eigenvalue weighted by atomic mass is 10.1. The van der Waals surface area contributed by atoms with Crippen LogP contribution in [0.5, 0.6) is 11.5 Å². The fourth-order valence-electron chi connectivity index (χ4n) is 2.32. The lowest BCUT2D eigenvalue weighted by Crippen LogP contribution is -2.27. The Bertz CT molecular complexity index is 709. The zero-order chi connectivity index (χ0) is 18.1. The van der Waals surface area contributed by atoms with Crippen molar-refractivity contribution in [3.63, 3.8) is 0 Å². The molecule has 2 rings (SSSR count). The van der Waals surface area contributed by atoms with E-state index in [2.05, 4.69) is 5.32 Å². The molecule has 0 spiro atoms. The molecule has 2 aromatic carbocycles. The van der Waals surface area contributed by atoms with Gasteiger partial charge < -0.3 is 14.8 Å². The topological polar surface area (TPSA) is 47.6 Å². The summed E-state index contributed by atoms with van der Waals surface area (Å²) in [6, 6.07) is 12.1. The molecule has 1 amide bonds. The van der Waals surface area contributed by atoms with Gasteiger partial charge in [0.15, 0.2) is 0 Å². The van der Waals surface area contributed by atoms with E-state index in [1.54, 1.807) is 56.3 Å². The summed E-state index contributed by atoms with van der Waals surface area (Å²) in [5, 5.41) is 2.87. The van der Waals surface area contributed by atoms with Gasteiger partial charge in [0.05, 0.1) is 20.6 Å². The van der Waals surface area contributed by atoms with Gasteiger partial charge in [0.2, 0.25) is 5.91 Å². The first-order chi connectivity index (χ1) is 12.1. The number of ether oxygens (including phenoxy) is 2. The number of carbonyl (C=O) groups is 1. The maximum Gasteiger partial charge on any atom is 0.224 e. The molecule has 6 heteroatoms. The zero-order valence-corrected chi connectivity index (χ0v) is 15.2. The number of nitrogens with one attached hydrogen (secondary N) is 1. The Morgan fingerprint density at radius 1 is 1.12 bits per heavy atom. The quantitative estimate of drug-likeness (QED) is 0.694. The second-order valence-corrected chi connectivity index (χ2v) is 6.45. The van der Waals surface area contributed by atoms with Gasteiger partial charge in [-0.1, -0.05) is 18.2 Å². The van der Waals surface area contributed by atoms with Crippen molar-refractivity contribution in [1.29, 1.82) is 0 Å². The minimum atomic E-state index is -0.191. The third-order valence-electron chi connectivity index (χ3n) is 3.62. The molecule has 0 heterocycles.